The summed E-state index contributed by atoms with van der Waals surface area (Å²) in [7, 11) is 0. The first-order valence-electron chi connectivity index (χ1n) is 6.14. The highest BCUT2D eigenvalue weighted by Gasteiger charge is 2.25. The summed E-state index contributed by atoms with van der Waals surface area (Å²) in [5.74, 6) is 1.05. The summed E-state index contributed by atoms with van der Waals surface area (Å²) < 4.78 is 0. The zero-order valence-electron chi connectivity index (χ0n) is 10.6. The molecule has 0 bridgehead atoms. The largest absolute Gasteiger partial charge is 0.355 e. The second kappa shape index (κ2) is 5.62. The third-order valence-corrected chi connectivity index (χ3v) is 3.08. The van der Waals surface area contributed by atoms with Gasteiger partial charge in [-0.25, -0.2) is 4.98 Å². The Morgan fingerprint density at radius 3 is 2.72 bits per heavy atom. The number of anilines is 1. The number of nitrogens with one attached hydrogen (secondary N) is 1. The molecular weight excluding hydrogens is 228 g/mol. The first kappa shape index (κ1) is 12.5. The first-order valence-corrected chi connectivity index (χ1v) is 6.14. The quantitative estimate of drug-likeness (QED) is 0.874. The Labute approximate surface area is 107 Å². The van der Waals surface area contributed by atoms with Gasteiger partial charge < -0.3 is 10.2 Å². The van der Waals surface area contributed by atoms with Crippen molar-refractivity contribution in [2.24, 2.45) is 5.92 Å². The Balaban J connectivity index is 1.88. The number of carbonyl (C=O) groups is 1. The van der Waals surface area contributed by atoms with E-state index in [4.69, 9.17) is 0 Å². The molecule has 0 unspecified atom stereocenters. The lowest BCUT2D eigenvalue weighted by molar-refractivity contribution is -0.124. The number of rotatable bonds is 3. The van der Waals surface area contributed by atoms with Gasteiger partial charge in [-0.1, -0.05) is 6.58 Å². The number of hydrogen-bond donors (Lipinski definition) is 1. The van der Waals surface area contributed by atoms with Crippen LogP contribution in [0.1, 0.15) is 19.8 Å². The van der Waals surface area contributed by atoms with Gasteiger partial charge in [-0.05, 0) is 19.8 Å². The lowest BCUT2D eigenvalue weighted by atomic mass is 9.96. The number of allylic oxidation sites excluding steroid dienone is 1. The van der Waals surface area contributed by atoms with Crippen LogP contribution in [0.3, 0.4) is 0 Å². The summed E-state index contributed by atoms with van der Waals surface area (Å²) in [6.07, 6.45) is 6.80. The van der Waals surface area contributed by atoms with E-state index in [-0.39, 0.29) is 11.8 Å². The Morgan fingerprint density at radius 2 is 2.17 bits per heavy atom. The van der Waals surface area contributed by atoms with Crippen molar-refractivity contribution >= 4 is 11.7 Å². The number of amides is 1. The van der Waals surface area contributed by atoms with Crippen LogP contribution in [0.25, 0.3) is 0 Å². The average Bonchev–Trinajstić information content (AvgIpc) is 2.39. The van der Waals surface area contributed by atoms with E-state index in [0.717, 1.165) is 31.7 Å². The number of aromatic nitrogens is 2. The van der Waals surface area contributed by atoms with Crippen molar-refractivity contribution in [1.82, 2.24) is 15.3 Å². The maximum atomic E-state index is 11.8. The fourth-order valence-electron chi connectivity index (χ4n) is 2.14. The molecule has 0 radical (unpaired) electrons. The van der Waals surface area contributed by atoms with Crippen molar-refractivity contribution in [1.29, 1.82) is 0 Å². The van der Waals surface area contributed by atoms with Crippen molar-refractivity contribution in [2.75, 3.05) is 18.0 Å². The van der Waals surface area contributed by atoms with Crippen LogP contribution in [-0.2, 0) is 4.79 Å². The van der Waals surface area contributed by atoms with Gasteiger partial charge in [0.1, 0.15) is 5.82 Å². The van der Waals surface area contributed by atoms with Gasteiger partial charge in [-0.2, -0.15) is 0 Å². The Hall–Kier alpha value is -1.91. The summed E-state index contributed by atoms with van der Waals surface area (Å²) in [5, 5.41) is 2.79. The third kappa shape index (κ3) is 3.06. The Morgan fingerprint density at radius 1 is 1.44 bits per heavy atom. The van der Waals surface area contributed by atoms with Crippen molar-refractivity contribution in [3.8, 4) is 0 Å². The molecule has 2 heterocycles. The SMILES string of the molecule is C=C(C)NC(=O)C1CCN(c2cnccn2)CC1. The van der Waals surface area contributed by atoms with E-state index >= 15 is 0 Å². The van der Waals surface area contributed by atoms with E-state index in [2.05, 4.69) is 26.8 Å². The molecule has 0 atom stereocenters. The van der Waals surface area contributed by atoms with Crippen molar-refractivity contribution < 1.29 is 4.79 Å². The minimum atomic E-state index is 0.0784. The summed E-state index contributed by atoms with van der Waals surface area (Å²) in [6.45, 7) is 7.17. The van der Waals surface area contributed by atoms with Crippen LogP contribution in [0, 0.1) is 5.92 Å². The molecule has 5 nitrogen and oxygen atoms in total. The van der Waals surface area contributed by atoms with Crippen LogP contribution >= 0.6 is 0 Å². The van der Waals surface area contributed by atoms with Gasteiger partial charge in [0.15, 0.2) is 0 Å². The zero-order chi connectivity index (χ0) is 13.0. The molecule has 0 aliphatic carbocycles. The fourth-order valence-corrected chi connectivity index (χ4v) is 2.14. The van der Waals surface area contributed by atoms with Crippen LogP contribution < -0.4 is 10.2 Å². The van der Waals surface area contributed by atoms with E-state index in [9.17, 15) is 4.79 Å². The summed E-state index contributed by atoms with van der Waals surface area (Å²) in [5.41, 5.74) is 0.705. The molecule has 18 heavy (non-hydrogen) atoms. The highest BCUT2D eigenvalue weighted by molar-refractivity contribution is 5.80. The molecule has 5 heteroatoms. The molecule has 1 fully saturated rings. The zero-order valence-corrected chi connectivity index (χ0v) is 10.6. The van der Waals surface area contributed by atoms with E-state index in [1.807, 2.05) is 0 Å². The van der Waals surface area contributed by atoms with Crippen molar-refractivity contribution in [2.45, 2.75) is 19.8 Å². The smallest absolute Gasteiger partial charge is 0.227 e. The molecule has 2 rings (SSSR count). The van der Waals surface area contributed by atoms with Crippen molar-refractivity contribution in [3.05, 3.63) is 30.9 Å². The number of piperidine rings is 1. The van der Waals surface area contributed by atoms with E-state index in [1.54, 1.807) is 25.5 Å². The van der Waals surface area contributed by atoms with Gasteiger partial charge in [-0.15, -0.1) is 0 Å². The molecule has 0 aromatic carbocycles. The molecule has 0 spiro atoms. The maximum absolute atomic E-state index is 11.8. The van der Waals surface area contributed by atoms with Crippen molar-refractivity contribution in [3.63, 3.8) is 0 Å². The average molecular weight is 246 g/mol. The Bertz CT molecular complexity index is 424. The predicted molar refractivity (Wildman–Crippen MR) is 69.9 cm³/mol. The third-order valence-electron chi connectivity index (χ3n) is 3.08. The van der Waals surface area contributed by atoms with Gasteiger partial charge in [-0.3, -0.25) is 9.78 Å². The normalized spacial score (nSPS) is 16.4. The molecule has 1 N–H and O–H groups in total. The van der Waals surface area contributed by atoms with E-state index in [1.165, 1.54) is 0 Å². The number of nitrogens with zero attached hydrogens (tertiary/aromatic N) is 3. The lowest BCUT2D eigenvalue weighted by Gasteiger charge is -2.31. The van der Waals surface area contributed by atoms with E-state index < -0.39 is 0 Å². The van der Waals surface area contributed by atoms with Crippen LogP contribution in [-0.4, -0.2) is 29.0 Å². The standard InChI is InChI=1S/C13H18N4O/c1-10(2)16-13(18)11-3-7-17(8-4-11)12-9-14-5-6-15-12/h5-6,9,11H,1,3-4,7-8H2,2H3,(H,16,18). The summed E-state index contributed by atoms with van der Waals surface area (Å²) in [6, 6.07) is 0. The molecule has 1 aromatic heterocycles. The first-order chi connectivity index (χ1) is 8.66. The van der Waals surface area contributed by atoms with Crippen LogP contribution in [0.2, 0.25) is 0 Å². The fraction of sp³-hybridized carbons (Fsp3) is 0.462. The van der Waals surface area contributed by atoms with Gasteiger partial charge in [0, 0.05) is 37.1 Å². The van der Waals surface area contributed by atoms with E-state index in [0.29, 0.717) is 5.70 Å². The minimum Gasteiger partial charge on any atom is -0.355 e. The molecule has 1 aliphatic rings. The minimum absolute atomic E-state index is 0.0784. The molecule has 1 amide bonds. The highest BCUT2D eigenvalue weighted by Crippen LogP contribution is 2.21. The molecule has 96 valence electrons. The lowest BCUT2D eigenvalue weighted by Crippen LogP contribution is -2.40. The number of hydrogen-bond acceptors (Lipinski definition) is 4. The molecular formula is C13H18N4O. The van der Waals surface area contributed by atoms with Crippen LogP contribution in [0.5, 0.6) is 0 Å². The molecule has 1 saturated heterocycles. The predicted octanol–water partition coefficient (Wildman–Crippen LogP) is 1.34. The summed E-state index contributed by atoms with van der Waals surface area (Å²) >= 11 is 0. The van der Waals surface area contributed by atoms with Crippen LogP contribution in [0.15, 0.2) is 30.9 Å². The number of carbonyl (C=O) groups excluding carboxylic acids is 1. The molecule has 1 aromatic rings. The monoisotopic (exact) mass is 246 g/mol. The maximum Gasteiger partial charge on any atom is 0.227 e. The van der Waals surface area contributed by atoms with Gasteiger partial charge in [0.2, 0.25) is 5.91 Å². The van der Waals surface area contributed by atoms with Crippen LogP contribution in [0.4, 0.5) is 5.82 Å². The van der Waals surface area contributed by atoms with Gasteiger partial charge >= 0.3 is 0 Å². The highest BCUT2D eigenvalue weighted by atomic mass is 16.1. The van der Waals surface area contributed by atoms with Gasteiger partial charge in [0.25, 0.3) is 0 Å². The summed E-state index contributed by atoms with van der Waals surface area (Å²) in [4.78, 5) is 22.3. The van der Waals surface area contributed by atoms with Gasteiger partial charge in [0.05, 0.1) is 6.20 Å². The molecule has 0 saturated carbocycles. The second-order valence-corrected chi connectivity index (χ2v) is 4.59. The topological polar surface area (TPSA) is 58.1 Å². The second-order valence-electron chi connectivity index (χ2n) is 4.59. The molecule has 1 aliphatic heterocycles. The Kier molecular flexibility index (Phi) is 3.92.